The van der Waals surface area contributed by atoms with Crippen LogP contribution >= 0.6 is 0 Å². The summed E-state index contributed by atoms with van der Waals surface area (Å²) < 4.78 is 13.1. The van der Waals surface area contributed by atoms with Crippen molar-refractivity contribution < 1.29 is 9.18 Å². The number of benzene rings is 1. The molecule has 1 atom stereocenters. The minimum Gasteiger partial charge on any atom is -0.351 e. The van der Waals surface area contributed by atoms with Gasteiger partial charge in [-0.2, -0.15) is 0 Å². The maximum absolute atomic E-state index is 13.1. The van der Waals surface area contributed by atoms with Crippen LogP contribution in [-0.2, 0) is 0 Å². The van der Waals surface area contributed by atoms with E-state index in [1.807, 2.05) is 0 Å². The molecule has 0 spiro atoms. The number of hydrogen-bond acceptors (Lipinski definition) is 3. The lowest BCUT2D eigenvalue weighted by Gasteiger charge is -2.17. The highest BCUT2D eigenvalue weighted by molar-refractivity contribution is 5.93. The standard InChI is InChI=1S/C19H22FN3O/c1-14-4-2-3-5-18(14)15-6-8-23(13-15)9-7-22-19(24)16-10-17(20)12-21-11-16/h2-5,10-12,15H,6-9,13H2,1H3,(H,22,24)/t15-/m0/s1. The summed E-state index contributed by atoms with van der Waals surface area (Å²) in [6, 6.07) is 9.74. The zero-order chi connectivity index (χ0) is 16.9. The highest BCUT2D eigenvalue weighted by atomic mass is 19.1. The molecule has 2 aromatic rings. The van der Waals surface area contributed by atoms with Crippen molar-refractivity contribution in [3.63, 3.8) is 0 Å². The number of hydrogen-bond donors (Lipinski definition) is 1. The summed E-state index contributed by atoms with van der Waals surface area (Å²) in [5.41, 5.74) is 3.03. The van der Waals surface area contributed by atoms with Gasteiger partial charge in [0.1, 0.15) is 5.82 Å². The molecule has 1 fully saturated rings. The van der Waals surface area contributed by atoms with Crippen LogP contribution in [0.5, 0.6) is 0 Å². The molecule has 0 unspecified atom stereocenters. The van der Waals surface area contributed by atoms with Crippen LogP contribution in [0.2, 0.25) is 0 Å². The van der Waals surface area contributed by atoms with Crippen molar-refractivity contribution in [1.82, 2.24) is 15.2 Å². The molecule has 1 aliphatic rings. The molecule has 0 bridgehead atoms. The van der Waals surface area contributed by atoms with Crippen LogP contribution in [0.15, 0.2) is 42.7 Å². The summed E-state index contributed by atoms with van der Waals surface area (Å²) in [6.45, 7) is 5.57. The Kier molecular flexibility index (Phi) is 5.20. The third kappa shape index (κ3) is 3.97. The molecule has 1 amide bonds. The van der Waals surface area contributed by atoms with Gasteiger partial charge >= 0.3 is 0 Å². The van der Waals surface area contributed by atoms with Gasteiger partial charge in [-0.1, -0.05) is 24.3 Å². The molecular weight excluding hydrogens is 305 g/mol. The Hall–Kier alpha value is -2.27. The molecule has 4 nitrogen and oxygen atoms in total. The SMILES string of the molecule is Cc1ccccc1[C@H]1CCN(CCNC(=O)c2cncc(F)c2)C1. The third-order valence-electron chi connectivity index (χ3n) is 4.58. The predicted octanol–water partition coefficient (Wildman–Crippen LogP) is 2.75. The average molecular weight is 327 g/mol. The summed E-state index contributed by atoms with van der Waals surface area (Å²) >= 11 is 0. The lowest BCUT2D eigenvalue weighted by Crippen LogP contribution is -2.33. The topological polar surface area (TPSA) is 45.2 Å². The van der Waals surface area contributed by atoms with Crippen LogP contribution in [0.3, 0.4) is 0 Å². The van der Waals surface area contributed by atoms with E-state index in [0.717, 1.165) is 32.3 Å². The molecule has 24 heavy (non-hydrogen) atoms. The van der Waals surface area contributed by atoms with Crippen LogP contribution < -0.4 is 5.32 Å². The summed E-state index contributed by atoms with van der Waals surface area (Å²) in [4.78, 5) is 18.0. The number of aromatic nitrogens is 1. The fourth-order valence-electron chi connectivity index (χ4n) is 3.30. The van der Waals surface area contributed by atoms with Gasteiger partial charge in [0.2, 0.25) is 0 Å². The second-order valence-electron chi connectivity index (χ2n) is 6.29. The van der Waals surface area contributed by atoms with E-state index in [9.17, 15) is 9.18 Å². The summed E-state index contributed by atoms with van der Waals surface area (Å²) in [5, 5.41) is 2.83. The van der Waals surface area contributed by atoms with Gasteiger partial charge in [0, 0.05) is 25.8 Å². The van der Waals surface area contributed by atoms with Crippen LogP contribution in [0.25, 0.3) is 0 Å². The summed E-state index contributed by atoms with van der Waals surface area (Å²) in [6.07, 6.45) is 3.61. The van der Waals surface area contributed by atoms with Crippen LogP contribution in [-0.4, -0.2) is 42.0 Å². The number of carbonyl (C=O) groups excluding carboxylic acids is 1. The lowest BCUT2D eigenvalue weighted by molar-refractivity contribution is 0.0949. The molecule has 1 saturated heterocycles. The molecule has 1 aliphatic heterocycles. The Morgan fingerprint density at radius 2 is 2.21 bits per heavy atom. The summed E-state index contributed by atoms with van der Waals surface area (Å²) in [5.74, 6) is -0.214. The molecule has 0 saturated carbocycles. The number of likely N-dealkylation sites (tertiary alicyclic amines) is 1. The van der Waals surface area contributed by atoms with Gasteiger partial charge in [-0.3, -0.25) is 9.78 Å². The molecule has 126 valence electrons. The van der Waals surface area contributed by atoms with E-state index >= 15 is 0 Å². The van der Waals surface area contributed by atoms with Gasteiger partial charge in [-0.05, 0) is 43.0 Å². The van der Waals surface area contributed by atoms with E-state index in [1.54, 1.807) is 0 Å². The maximum atomic E-state index is 13.1. The normalized spacial score (nSPS) is 17.8. The first kappa shape index (κ1) is 16.6. The van der Waals surface area contributed by atoms with Gasteiger partial charge in [0.25, 0.3) is 5.91 Å². The first-order valence-corrected chi connectivity index (χ1v) is 8.30. The smallest absolute Gasteiger partial charge is 0.252 e. The van der Waals surface area contributed by atoms with Crippen molar-refractivity contribution in [2.45, 2.75) is 19.3 Å². The highest BCUT2D eigenvalue weighted by Crippen LogP contribution is 2.28. The minimum atomic E-state index is -0.497. The zero-order valence-electron chi connectivity index (χ0n) is 13.8. The summed E-state index contributed by atoms with van der Waals surface area (Å²) in [7, 11) is 0. The second kappa shape index (κ2) is 7.53. The monoisotopic (exact) mass is 327 g/mol. The van der Waals surface area contributed by atoms with E-state index in [0.29, 0.717) is 12.5 Å². The number of nitrogens with zero attached hydrogens (tertiary/aromatic N) is 2. The van der Waals surface area contributed by atoms with E-state index < -0.39 is 5.82 Å². The molecule has 1 N–H and O–H groups in total. The van der Waals surface area contributed by atoms with Crippen LogP contribution in [0, 0.1) is 12.7 Å². The number of pyridine rings is 1. The van der Waals surface area contributed by atoms with Gasteiger partial charge in [0.15, 0.2) is 0 Å². The number of aryl methyl sites for hydroxylation is 1. The van der Waals surface area contributed by atoms with Crippen LogP contribution in [0.1, 0.15) is 33.8 Å². The van der Waals surface area contributed by atoms with Crippen molar-refractivity contribution in [3.8, 4) is 0 Å². The van der Waals surface area contributed by atoms with Gasteiger partial charge in [-0.25, -0.2) is 4.39 Å². The van der Waals surface area contributed by atoms with E-state index in [4.69, 9.17) is 0 Å². The van der Waals surface area contributed by atoms with Crippen molar-refractivity contribution in [2.24, 2.45) is 0 Å². The number of amides is 1. The third-order valence-corrected chi connectivity index (χ3v) is 4.58. The molecular formula is C19H22FN3O. The molecule has 1 aromatic carbocycles. The fourth-order valence-corrected chi connectivity index (χ4v) is 3.30. The number of nitrogens with one attached hydrogen (secondary N) is 1. The van der Waals surface area contributed by atoms with Crippen LogP contribution in [0.4, 0.5) is 4.39 Å². The van der Waals surface area contributed by atoms with Crippen molar-refractivity contribution in [2.75, 3.05) is 26.2 Å². The maximum Gasteiger partial charge on any atom is 0.252 e. The molecule has 0 aliphatic carbocycles. The van der Waals surface area contributed by atoms with E-state index in [2.05, 4.69) is 46.4 Å². The lowest BCUT2D eigenvalue weighted by atomic mass is 9.94. The molecule has 0 radical (unpaired) electrons. The second-order valence-corrected chi connectivity index (χ2v) is 6.29. The van der Waals surface area contributed by atoms with Gasteiger partial charge < -0.3 is 10.2 Å². The zero-order valence-corrected chi connectivity index (χ0v) is 13.8. The molecule has 3 rings (SSSR count). The van der Waals surface area contributed by atoms with E-state index in [1.165, 1.54) is 23.4 Å². The Morgan fingerprint density at radius 1 is 1.38 bits per heavy atom. The predicted molar refractivity (Wildman–Crippen MR) is 91.5 cm³/mol. The Balaban J connectivity index is 1.47. The fraction of sp³-hybridized carbons (Fsp3) is 0.368. The Morgan fingerprint density at radius 3 is 3.00 bits per heavy atom. The Labute approximate surface area is 141 Å². The first-order valence-electron chi connectivity index (χ1n) is 8.30. The number of rotatable bonds is 5. The number of halogens is 1. The first-order chi connectivity index (χ1) is 11.6. The largest absolute Gasteiger partial charge is 0.351 e. The minimum absolute atomic E-state index is 0.259. The quantitative estimate of drug-likeness (QED) is 0.918. The van der Waals surface area contributed by atoms with Gasteiger partial charge in [-0.15, -0.1) is 0 Å². The van der Waals surface area contributed by atoms with Crippen molar-refractivity contribution in [1.29, 1.82) is 0 Å². The average Bonchev–Trinajstić information content (AvgIpc) is 3.04. The van der Waals surface area contributed by atoms with E-state index in [-0.39, 0.29) is 11.5 Å². The molecule has 1 aromatic heterocycles. The number of carbonyl (C=O) groups is 1. The Bertz CT molecular complexity index is 719. The molecule has 2 heterocycles. The highest BCUT2D eigenvalue weighted by Gasteiger charge is 2.24. The van der Waals surface area contributed by atoms with Gasteiger partial charge in [0.05, 0.1) is 11.8 Å². The van der Waals surface area contributed by atoms with Crippen molar-refractivity contribution >= 4 is 5.91 Å². The molecule has 5 heteroatoms. The van der Waals surface area contributed by atoms with Crippen molar-refractivity contribution in [3.05, 3.63) is 65.2 Å².